The molecule has 6 heteroatoms. The highest BCUT2D eigenvalue weighted by Gasteiger charge is 2.26. The molecule has 0 aromatic carbocycles. The van der Waals surface area contributed by atoms with Crippen molar-refractivity contribution < 1.29 is 14.7 Å². The second kappa shape index (κ2) is 5.99. The molecule has 0 aliphatic carbocycles. The van der Waals surface area contributed by atoms with Gasteiger partial charge < -0.3 is 5.11 Å². The van der Waals surface area contributed by atoms with Crippen LogP contribution in [0.3, 0.4) is 0 Å². The lowest BCUT2D eigenvalue weighted by Crippen LogP contribution is -2.22. The highest BCUT2D eigenvalue weighted by atomic mass is 32.2. The predicted octanol–water partition coefficient (Wildman–Crippen LogP) is 2.08. The largest absolute Gasteiger partial charge is 0.473 e. The minimum absolute atomic E-state index is 0.125. The third-order valence-electron chi connectivity index (χ3n) is 2.14. The number of carbonyl (C=O) groups is 1. The minimum atomic E-state index is -0.947. The average Bonchev–Trinajstić information content (AvgIpc) is 2.57. The number of hydrogen-bond donors (Lipinski definition) is 1. The average molecular weight is 244 g/mol. The highest BCUT2D eigenvalue weighted by Crippen LogP contribution is 2.29. The van der Waals surface area contributed by atoms with Crippen molar-refractivity contribution in [3.8, 4) is 6.07 Å². The quantitative estimate of drug-likeness (QED) is 0.766. The SMILES string of the molecule is CC1C=S(C(=O)O)N(OCC(C)CC#N)C1. The fourth-order valence-corrected chi connectivity index (χ4v) is 2.85. The van der Waals surface area contributed by atoms with E-state index in [1.54, 1.807) is 5.37 Å². The Kier molecular flexibility index (Phi) is 4.93. The molecule has 3 atom stereocenters. The second-order valence-electron chi connectivity index (χ2n) is 3.97. The van der Waals surface area contributed by atoms with Crippen molar-refractivity contribution in [3.63, 3.8) is 0 Å². The van der Waals surface area contributed by atoms with E-state index in [0.29, 0.717) is 19.6 Å². The van der Waals surface area contributed by atoms with Gasteiger partial charge in [0.25, 0.3) is 0 Å². The molecule has 5 nitrogen and oxygen atoms in total. The van der Waals surface area contributed by atoms with Crippen LogP contribution in [-0.4, -0.2) is 33.4 Å². The van der Waals surface area contributed by atoms with E-state index in [0.717, 1.165) is 0 Å². The Morgan fingerprint density at radius 3 is 3.12 bits per heavy atom. The summed E-state index contributed by atoms with van der Waals surface area (Å²) in [6.07, 6.45) is 0.425. The zero-order valence-electron chi connectivity index (χ0n) is 9.42. The fourth-order valence-electron chi connectivity index (χ4n) is 1.33. The maximum absolute atomic E-state index is 10.9. The van der Waals surface area contributed by atoms with Gasteiger partial charge in [-0.15, -0.1) is 4.47 Å². The van der Waals surface area contributed by atoms with E-state index in [2.05, 4.69) is 6.07 Å². The zero-order chi connectivity index (χ0) is 12.1. The first-order chi connectivity index (χ1) is 7.54. The second-order valence-corrected chi connectivity index (χ2v) is 5.63. The van der Waals surface area contributed by atoms with Crippen LogP contribution in [0.5, 0.6) is 0 Å². The van der Waals surface area contributed by atoms with Gasteiger partial charge >= 0.3 is 5.30 Å². The molecule has 16 heavy (non-hydrogen) atoms. The van der Waals surface area contributed by atoms with E-state index in [4.69, 9.17) is 15.2 Å². The van der Waals surface area contributed by atoms with Crippen LogP contribution in [0.15, 0.2) is 0 Å². The van der Waals surface area contributed by atoms with Gasteiger partial charge in [-0.05, 0) is 17.2 Å². The van der Waals surface area contributed by atoms with Crippen molar-refractivity contribution in [1.82, 2.24) is 4.47 Å². The van der Waals surface area contributed by atoms with Gasteiger partial charge in [0.05, 0.1) is 12.7 Å². The first-order valence-electron chi connectivity index (χ1n) is 5.13. The Labute approximate surface area is 97.6 Å². The number of hydroxylamine groups is 1. The molecule has 3 unspecified atom stereocenters. The van der Waals surface area contributed by atoms with Crippen molar-refractivity contribution in [2.45, 2.75) is 20.3 Å². The molecule has 90 valence electrons. The third kappa shape index (κ3) is 3.59. The van der Waals surface area contributed by atoms with E-state index in [-0.39, 0.29) is 11.8 Å². The molecule has 0 saturated carbocycles. The van der Waals surface area contributed by atoms with E-state index in [9.17, 15) is 4.79 Å². The fraction of sp³-hybridized carbons (Fsp3) is 0.700. The maximum Gasteiger partial charge on any atom is 0.374 e. The predicted molar refractivity (Wildman–Crippen MR) is 62.9 cm³/mol. The van der Waals surface area contributed by atoms with Gasteiger partial charge in [-0.1, -0.05) is 13.8 Å². The molecule has 1 rings (SSSR count). The summed E-state index contributed by atoms with van der Waals surface area (Å²) in [6.45, 7) is 4.87. The number of carboxylic acid groups (broad SMARTS) is 1. The molecule has 1 heterocycles. The van der Waals surface area contributed by atoms with Gasteiger partial charge in [-0.3, -0.25) is 4.84 Å². The zero-order valence-corrected chi connectivity index (χ0v) is 10.2. The van der Waals surface area contributed by atoms with Crippen LogP contribution in [0.2, 0.25) is 0 Å². The summed E-state index contributed by atoms with van der Waals surface area (Å²) in [4.78, 5) is 16.4. The van der Waals surface area contributed by atoms with Gasteiger partial charge in [-0.2, -0.15) is 5.26 Å². The molecule has 0 fully saturated rings. The molecule has 0 bridgehead atoms. The first-order valence-corrected chi connectivity index (χ1v) is 6.37. The molecule has 0 aromatic rings. The van der Waals surface area contributed by atoms with Crippen LogP contribution >= 0.6 is 10.7 Å². The monoisotopic (exact) mass is 244 g/mol. The van der Waals surface area contributed by atoms with Gasteiger partial charge in [0, 0.05) is 23.6 Å². The number of rotatable bonds is 4. The van der Waals surface area contributed by atoms with Crippen LogP contribution in [0.1, 0.15) is 20.3 Å². The standard InChI is InChI=1S/C10H16N2O3S/c1-8(3-4-11)6-15-12-5-9(2)7-16(12)10(13)14/h7-9H,3,5-6H2,1-2H3,(H,13,14). The number of nitrogens with zero attached hydrogens (tertiary/aromatic N) is 2. The lowest BCUT2D eigenvalue weighted by Gasteiger charge is -2.19. The summed E-state index contributed by atoms with van der Waals surface area (Å²) in [5.41, 5.74) is 0. The third-order valence-corrected chi connectivity index (χ3v) is 3.91. The van der Waals surface area contributed by atoms with Gasteiger partial charge in [0.2, 0.25) is 0 Å². The Bertz CT molecular complexity index is 337. The summed E-state index contributed by atoms with van der Waals surface area (Å²) in [6, 6.07) is 2.07. The van der Waals surface area contributed by atoms with Crippen LogP contribution in [0.4, 0.5) is 4.79 Å². The van der Waals surface area contributed by atoms with Crippen molar-refractivity contribution in [1.29, 1.82) is 5.26 Å². The maximum atomic E-state index is 10.9. The number of nitriles is 1. The molecule has 0 saturated heterocycles. The highest BCUT2D eigenvalue weighted by molar-refractivity contribution is 8.25. The van der Waals surface area contributed by atoms with Gasteiger partial charge in [0.15, 0.2) is 0 Å². The molecule has 1 aliphatic rings. The van der Waals surface area contributed by atoms with E-state index in [1.165, 1.54) is 4.47 Å². The Balaban J connectivity index is 2.47. The molecule has 0 aromatic heterocycles. The van der Waals surface area contributed by atoms with Crippen molar-refractivity contribution >= 4 is 21.3 Å². The minimum Gasteiger partial charge on any atom is -0.473 e. The Morgan fingerprint density at radius 1 is 1.88 bits per heavy atom. The molecule has 0 spiro atoms. The molecule has 1 aliphatic heterocycles. The van der Waals surface area contributed by atoms with E-state index < -0.39 is 16.0 Å². The molecular formula is C10H16N2O3S. The molecule has 0 radical (unpaired) electrons. The van der Waals surface area contributed by atoms with E-state index >= 15 is 0 Å². The summed E-state index contributed by atoms with van der Waals surface area (Å²) in [7, 11) is -0.947. The normalized spacial score (nSPS) is 27.1. The summed E-state index contributed by atoms with van der Waals surface area (Å²) >= 11 is 0. The molecule has 0 amide bonds. The smallest absolute Gasteiger partial charge is 0.374 e. The van der Waals surface area contributed by atoms with Crippen molar-refractivity contribution in [3.05, 3.63) is 0 Å². The topological polar surface area (TPSA) is 73.6 Å². The summed E-state index contributed by atoms with van der Waals surface area (Å²) in [5.74, 6) is 0.353. The van der Waals surface area contributed by atoms with Crippen molar-refractivity contribution in [2.75, 3.05) is 13.2 Å². The van der Waals surface area contributed by atoms with Gasteiger partial charge in [0.1, 0.15) is 0 Å². The molecular weight excluding hydrogens is 228 g/mol. The Hall–Kier alpha value is -0.900. The first kappa shape index (κ1) is 13.2. The van der Waals surface area contributed by atoms with Gasteiger partial charge in [-0.25, -0.2) is 4.79 Å². The van der Waals surface area contributed by atoms with E-state index in [1.807, 2.05) is 13.8 Å². The molecule has 1 N–H and O–H groups in total. The lowest BCUT2D eigenvalue weighted by molar-refractivity contribution is -0.0883. The van der Waals surface area contributed by atoms with Crippen LogP contribution in [-0.2, 0) is 4.84 Å². The van der Waals surface area contributed by atoms with Crippen LogP contribution < -0.4 is 0 Å². The lowest BCUT2D eigenvalue weighted by atomic mass is 10.1. The Morgan fingerprint density at radius 2 is 2.56 bits per heavy atom. The van der Waals surface area contributed by atoms with Crippen molar-refractivity contribution in [2.24, 2.45) is 11.8 Å². The summed E-state index contributed by atoms with van der Waals surface area (Å²) in [5, 5.41) is 18.4. The van der Waals surface area contributed by atoms with Crippen LogP contribution in [0, 0.1) is 23.2 Å². The number of hydrogen-bond acceptors (Lipinski definition) is 4. The van der Waals surface area contributed by atoms with Crippen LogP contribution in [0.25, 0.3) is 0 Å². The summed E-state index contributed by atoms with van der Waals surface area (Å²) < 4.78 is 1.51.